The van der Waals surface area contributed by atoms with Gasteiger partial charge in [-0.1, -0.05) is 69.2 Å². The van der Waals surface area contributed by atoms with Crippen molar-refractivity contribution in [3.63, 3.8) is 0 Å². The average molecular weight is 1640 g/mol. The second-order valence-electron chi connectivity index (χ2n) is 31.1. The van der Waals surface area contributed by atoms with Gasteiger partial charge in [-0.25, -0.2) is 0 Å². The predicted molar refractivity (Wildman–Crippen MR) is 456 cm³/mol. The van der Waals surface area contributed by atoms with Crippen molar-refractivity contribution < 1.29 is 137 Å². The van der Waals surface area contributed by atoms with Crippen LogP contribution in [0.25, 0.3) is 0 Å². The third kappa shape index (κ3) is 21.1. The lowest BCUT2D eigenvalue weighted by Crippen LogP contribution is -2.48. The maximum Gasteiger partial charge on any atom is 0.161 e. The number of fused-ring (bicyclic) bond motifs is 15. The Morgan fingerprint density at radius 3 is 0.870 bits per heavy atom. The summed E-state index contributed by atoms with van der Waals surface area (Å²) in [6, 6.07) is -9.32. The lowest BCUT2D eigenvalue weighted by Gasteiger charge is -2.46. The first-order chi connectivity index (χ1) is 73.4. The van der Waals surface area contributed by atoms with Crippen LogP contribution in [0.5, 0.6) is 57.5 Å². The van der Waals surface area contributed by atoms with Crippen molar-refractivity contribution >= 4 is 0 Å². The Morgan fingerprint density at radius 2 is 0.609 bits per heavy atom. The van der Waals surface area contributed by atoms with Crippen molar-refractivity contribution in [2.24, 2.45) is 59.1 Å². The number of aliphatic hydroxyl groups excluding tert-OH is 2. The molecule has 0 spiro atoms. The molecule has 0 aliphatic carbocycles. The molecule has 5 N–H and O–H groups in total. The van der Waals surface area contributed by atoms with Gasteiger partial charge in [0.1, 0.15) is 0 Å². The van der Waals surface area contributed by atoms with Crippen LogP contribution < -0.4 is 47.4 Å². The van der Waals surface area contributed by atoms with Gasteiger partial charge in [0.15, 0.2) is 57.5 Å². The lowest BCUT2D eigenvalue weighted by molar-refractivity contribution is -0.0192. The number of methoxy groups -OCH3 is 10. The monoisotopic (exact) mass is 1640 g/mol. The van der Waals surface area contributed by atoms with Crippen molar-refractivity contribution in [1.29, 1.82) is 0 Å². The van der Waals surface area contributed by atoms with Crippen LogP contribution >= 0.6 is 0 Å². The van der Waals surface area contributed by atoms with Crippen LogP contribution in [0.15, 0.2) is 60.4 Å². The minimum Gasteiger partial charge on any atom is -0.493 e. The number of piperidine rings is 5. The van der Waals surface area contributed by atoms with Gasteiger partial charge in [0, 0.05) is 130 Å². The normalized spacial score (nSPS) is 41.9. The number of aliphatic hydroxyl groups is 5. The zero-order valence-corrected chi connectivity index (χ0v) is 68.4. The molecular formula is C95H145N5O15. The fourth-order valence-corrected chi connectivity index (χ4v) is 15.7. The second kappa shape index (κ2) is 40.6. The molecule has 20 nitrogen and oxygen atoms in total. The molecule has 0 aromatic heterocycles. The Morgan fingerprint density at radius 1 is 0.365 bits per heavy atom. The number of hydrogen-bond donors (Lipinski definition) is 5. The highest BCUT2D eigenvalue weighted by Crippen LogP contribution is 2.50. The van der Waals surface area contributed by atoms with Gasteiger partial charge >= 0.3 is 0 Å². The molecule has 10 aliphatic heterocycles. The van der Waals surface area contributed by atoms with Gasteiger partial charge in [0.2, 0.25) is 0 Å². The van der Waals surface area contributed by atoms with Crippen LogP contribution in [-0.2, 0) is 32.1 Å². The summed E-state index contributed by atoms with van der Waals surface area (Å²) in [6.07, 6.45) is -23.7. The lowest BCUT2D eigenvalue weighted by atomic mass is 9.79. The summed E-state index contributed by atoms with van der Waals surface area (Å²) >= 11 is 0. The average Bonchev–Trinajstić information content (AvgIpc) is 0.676. The molecule has 640 valence electrons. The Labute approximate surface area is 755 Å². The van der Waals surface area contributed by atoms with Gasteiger partial charge in [-0.05, 0) is 271 Å². The van der Waals surface area contributed by atoms with Gasteiger partial charge in [0.25, 0.3) is 0 Å². The summed E-state index contributed by atoms with van der Waals surface area (Å²) in [4.78, 5) is 6.12. The first-order valence-electron chi connectivity index (χ1n) is 62.4. The third-order valence-corrected chi connectivity index (χ3v) is 21.0. The van der Waals surface area contributed by atoms with Crippen LogP contribution in [0.4, 0.5) is 0 Å². The standard InChI is InChI=1S/5C19H29NO3/c5*1-12(2)7-14-11-20-6-5-13-8-18(22-3)19(23-4)9-15(13)16(20)10-17(14)21/h5*8-9,12,14,16-17,21H,5-7,10-11H2,1-4H3/i4D3,8D,9D,10D2,11D2,14D,17D;1D3,4D3,7D2,8D,9D,11D2,12D;2*8D,9D,10D2,11D2,14D,17D;4D3,8D,9D,11D2. The highest BCUT2D eigenvalue weighted by atomic mass is 16.5. The molecule has 0 bridgehead atoms. The quantitative estimate of drug-likeness (QED) is 0.0491. The van der Waals surface area contributed by atoms with E-state index in [1.807, 2.05) is 13.8 Å². The number of hydrogen-bond acceptors (Lipinski definition) is 20. The van der Waals surface area contributed by atoms with E-state index in [4.69, 9.17) is 112 Å². The van der Waals surface area contributed by atoms with Crippen LogP contribution in [-0.4, -0.2) is 217 Å². The van der Waals surface area contributed by atoms with Crippen molar-refractivity contribution in [2.45, 2.75) is 226 Å². The van der Waals surface area contributed by atoms with Crippen LogP contribution in [0.1, 0.15) is 283 Å². The van der Waals surface area contributed by atoms with E-state index in [1.54, 1.807) is 46.4 Å². The number of benzene rings is 5. The van der Waals surface area contributed by atoms with Crippen molar-refractivity contribution in [1.82, 2.24) is 24.5 Å². The minimum atomic E-state index is -3.26. The fraction of sp³-hybridized carbons (Fsp3) is 0.684. The molecule has 0 radical (unpaired) electrons. The molecule has 15 rings (SSSR count). The summed E-state index contributed by atoms with van der Waals surface area (Å²) in [5.74, 6) is -15.9. The van der Waals surface area contributed by atoms with E-state index in [0.717, 1.165) is 21.6 Å². The van der Waals surface area contributed by atoms with Crippen molar-refractivity contribution in [3.8, 4) is 57.5 Å². The molecular weight excluding hydrogens is 1450 g/mol. The summed E-state index contributed by atoms with van der Waals surface area (Å²) in [5.41, 5.74) is 1.60. The zero-order valence-electron chi connectivity index (χ0n) is 115. The molecule has 20 heteroatoms. The highest BCUT2D eigenvalue weighted by Gasteiger charge is 2.45. The Kier molecular flexibility index (Phi) is 16.2. The first kappa shape index (κ1) is 45.9. The summed E-state index contributed by atoms with van der Waals surface area (Å²) in [6.45, 7) is -0.378. The molecule has 5 saturated heterocycles. The van der Waals surface area contributed by atoms with E-state index >= 15 is 0 Å². The highest BCUT2D eigenvalue weighted by molar-refractivity contribution is 5.54. The molecule has 5 fully saturated rings. The molecule has 115 heavy (non-hydrogen) atoms. The van der Waals surface area contributed by atoms with Gasteiger partial charge in [0.05, 0.1) is 131 Å². The van der Waals surface area contributed by atoms with Crippen molar-refractivity contribution in [2.75, 3.05) is 136 Å². The zero-order chi connectivity index (χ0) is 124. The topological polar surface area (TPSA) is 210 Å². The van der Waals surface area contributed by atoms with E-state index in [9.17, 15) is 25.5 Å². The smallest absolute Gasteiger partial charge is 0.161 e. The van der Waals surface area contributed by atoms with Crippen LogP contribution in [0, 0.1) is 59.1 Å². The molecule has 16 unspecified atom stereocenters. The molecule has 10 heterocycles. The summed E-state index contributed by atoms with van der Waals surface area (Å²) in [5, 5.41) is 55.3. The predicted octanol–water partition coefficient (Wildman–Crippen LogP) is 15.1. The molecule has 0 saturated carbocycles. The minimum absolute atomic E-state index is 0.0138. The maximum atomic E-state index is 11.2. The molecule has 16 atom stereocenters. The number of ether oxygens (including phenoxy) is 10. The van der Waals surface area contributed by atoms with Gasteiger partial charge < -0.3 is 72.9 Å². The Balaban J connectivity index is 0.000000191. The summed E-state index contributed by atoms with van der Waals surface area (Å²) < 4.78 is 445. The fourth-order valence-electron chi connectivity index (χ4n) is 15.7. The maximum absolute atomic E-state index is 11.2. The SMILES string of the molecule is [2H]c1c2c(c([2H])c(OC([2H])([2H])[2H])c1OC)C1CC(O)C(C([2H])([2H])C([2H])(C)C([2H])([2H])[2H])C([2H])([2H])N1CC2.[2H]c1c2c(c([2H])c(OC([2H])([2H])[2H])c1OC)C1CC(O)C(CC(C)C)C([2H])([2H])N1CC2.[2H]c1c2c(c([2H])c(OC([2H])([2H])[2H])c1OC)C1N(CC2)C([2H])([2H])C([2H])(CC(C)C)C([2H])(O)C1([2H])[2H].[2H]c1c2c(c([2H])c(OC)c1OC)C1N(CC2)C([2H])([2H])C([2H])(CC(C)C)C([2H])(O)C1([2H])[2H].[2H]c1c2c(c([2H])c(OC)c1OC)C1N(CC2)C([2H])([2H])C([2H])(CC(C)C)C([2H])(O)C1([2H])[2H]. The number of nitrogens with zero attached hydrogens (tertiary/aromatic N) is 5. The van der Waals surface area contributed by atoms with E-state index in [1.165, 1.54) is 54.7 Å². The number of rotatable bonds is 20. The van der Waals surface area contributed by atoms with E-state index in [-0.39, 0.29) is 235 Å². The first-order valence-corrected chi connectivity index (χ1v) is 38.9. The van der Waals surface area contributed by atoms with Crippen molar-refractivity contribution in [3.05, 3.63) is 116 Å². The third-order valence-electron chi connectivity index (χ3n) is 21.0. The second-order valence-corrected chi connectivity index (χ2v) is 31.1. The molecule has 5 aromatic rings. The Hall–Kier alpha value is -6.30. The largest absolute Gasteiger partial charge is 0.493 e. The molecule has 5 aromatic carbocycles. The Bertz CT molecular complexity index is 6160. The molecule has 10 aliphatic rings. The van der Waals surface area contributed by atoms with Crippen LogP contribution in [0.2, 0.25) is 0 Å². The van der Waals surface area contributed by atoms with Gasteiger partial charge in [-0.3, -0.25) is 24.5 Å². The van der Waals surface area contributed by atoms with Crippen LogP contribution in [0.3, 0.4) is 0 Å². The molecule has 0 amide bonds. The van der Waals surface area contributed by atoms with Gasteiger partial charge in [-0.15, -0.1) is 0 Å². The summed E-state index contributed by atoms with van der Waals surface area (Å²) in [7, 11) is 0.0554. The van der Waals surface area contributed by atoms with E-state index < -0.39 is 206 Å². The van der Waals surface area contributed by atoms with E-state index in [2.05, 4.69) is 0 Å². The van der Waals surface area contributed by atoms with E-state index in [0.29, 0.717) is 41.6 Å². The van der Waals surface area contributed by atoms with Gasteiger partial charge in [-0.2, -0.15) is 0 Å².